The average molecular weight is 439 g/mol. The summed E-state index contributed by atoms with van der Waals surface area (Å²) in [4.78, 5) is 27.2. The molecular weight excluding hydrogens is 417 g/mol. The fourth-order valence-corrected chi connectivity index (χ4v) is 3.58. The Bertz CT molecular complexity index is 1140. The van der Waals surface area contributed by atoms with Crippen molar-refractivity contribution in [3.8, 4) is 5.75 Å². The minimum Gasteiger partial charge on any atom is -0.482 e. The van der Waals surface area contributed by atoms with Crippen molar-refractivity contribution in [3.05, 3.63) is 98.3 Å². The number of piperazine rings is 1. The standard InChI is InChI=1S/C23H22FN3O5/c24-18-4-6-19(7-5-18)26-10-8-25(9-11-26)14-21-13-22(28)23(16-31-21)32-15-17-2-1-3-20(12-17)27(29)30/h1-7,12-13,16H,8-11,14-15H2. The topological polar surface area (TPSA) is 89.1 Å². The van der Waals surface area contributed by atoms with Gasteiger partial charge < -0.3 is 14.1 Å². The second-order valence-electron chi connectivity index (χ2n) is 7.53. The molecule has 0 N–H and O–H groups in total. The molecule has 1 aromatic heterocycles. The molecule has 0 amide bonds. The van der Waals surface area contributed by atoms with Gasteiger partial charge in [-0.15, -0.1) is 0 Å². The third kappa shape index (κ3) is 5.30. The lowest BCUT2D eigenvalue weighted by Gasteiger charge is -2.35. The summed E-state index contributed by atoms with van der Waals surface area (Å²) >= 11 is 0. The van der Waals surface area contributed by atoms with E-state index in [4.69, 9.17) is 9.15 Å². The van der Waals surface area contributed by atoms with Crippen LogP contribution in [0.4, 0.5) is 15.8 Å². The molecule has 3 aromatic rings. The van der Waals surface area contributed by atoms with Gasteiger partial charge in [-0.05, 0) is 29.8 Å². The molecule has 4 rings (SSSR count). The zero-order valence-corrected chi connectivity index (χ0v) is 17.3. The van der Waals surface area contributed by atoms with Crippen molar-refractivity contribution in [2.24, 2.45) is 0 Å². The fourth-order valence-electron chi connectivity index (χ4n) is 3.58. The van der Waals surface area contributed by atoms with Crippen LogP contribution in [0.1, 0.15) is 11.3 Å². The highest BCUT2D eigenvalue weighted by molar-refractivity contribution is 5.46. The van der Waals surface area contributed by atoms with Crippen LogP contribution in [0.5, 0.6) is 5.75 Å². The van der Waals surface area contributed by atoms with Crippen LogP contribution in [0, 0.1) is 15.9 Å². The number of nitro benzene ring substituents is 1. The number of benzene rings is 2. The van der Waals surface area contributed by atoms with E-state index in [2.05, 4.69) is 9.80 Å². The predicted octanol–water partition coefficient (Wildman–Crippen LogP) is 3.59. The molecule has 1 saturated heterocycles. The third-order valence-corrected chi connectivity index (χ3v) is 5.31. The van der Waals surface area contributed by atoms with Gasteiger partial charge in [-0.3, -0.25) is 19.8 Å². The Kier molecular flexibility index (Phi) is 6.46. The molecule has 32 heavy (non-hydrogen) atoms. The summed E-state index contributed by atoms with van der Waals surface area (Å²) in [6.45, 7) is 3.67. The zero-order valence-electron chi connectivity index (χ0n) is 17.3. The maximum Gasteiger partial charge on any atom is 0.269 e. The largest absolute Gasteiger partial charge is 0.482 e. The lowest BCUT2D eigenvalue weighted by atomic mass is 10.2. The first-order valence-corrected chi connectivity index (χ1v) is 10.2. The van der Waals surface area contributed by atoms with E-state index in [-0.39, 0.29) is 29.3 Å². The van der Waals surface area contributed by atoms with Gasteiger partial charge in [-0.25, -0.2) is 4.39 Å². The van der Waals surface area contributed by atoms with Crippen LogP contribution in [0.2, 0.25) is 0 Å². The first kappa shape index (κ1) is 21.5. The highest BCUT2D eigenvalue weighted by atomic mass is 19.1. The molecule has 1 aliphatic heterocycles. The van der Waals surface area contributed by atoms with Gasteiger partial charge in [0.2, 0.25) is 11.2 Å². The molecule has 0 unspecified atom stereocenters. The van der Waals surface area contributed by atoms with E-state index in [1.165, 1.54) is 36.6 Å². The van der Waals surface area contributed by atoms with Crippen molar-refractivity contribution in [1.82, 2.24) is 4.90 Å². The van der Waals surface area contributed by atoms with Crippen molar-refractivity contribution in [2.75, 3.05) is 31.1 Å². The van der Waals surface area contributed by atoms with E-state index >= 15 is 0 Å². The molecule has 2 heterocycles. The number of ether oxygens (including phenoxy) is 1. The van der Waals surface area contributed by atoms with Crippen molar-refractivity contribution < 1.29 is 18.5 Å². The summed E-state index contributed by atoms with van der Waals surface area (Å²) in [6.07, 6.45) is 1.28. The number of halogens is 1. The normalized spacial score (nSPS) is 14.3. The Balaban J connectivity index is 1.31. The predicted molar refractivity (Wildman–Crippen MR) is 116 cm³/mol. The molecule has 9 heteroatoms. The molecule has 0 saturated carbocycles. The van der Waals surface area contributed by atoms with Gasteiger partial charge in [0, 0.05) is 50.1 Å². The maximum atomic E-state index is 13.1. The van der Waals surface area contributed by atoms with E-state index in [0.717, 1.165) is 31.9 Å². The first-order chi connectivity index (χ1) is 15.5. The van der Waals surface area contributed by atoms with E-state index in [0.29, 0.717) is 17.9 Å². The van der Waals surface area contributed by atoms with E-state index < -0.39 is 4.92 Å². The second kappa shape index (κ2) is 9.61. The van der Waals surface area contributed by atoms with Gasteiger partial charge in [0.15, 0.2) is 0 Å². The Hall–Kier alpha value is -3.72. The van der Waals surface area contributed by atoms with Crippen molar-refractivity contribution in [3.63, 3.8) is 0 Å². The summed E-state index contributed by atoms with van der Waals surface area (Å²) in [5.74, 6) is 0.342. The minimum atomic E-state index is -0.480. The smallest absolute Gasteiger partial charge is 0.269 e. The number of anilines is 1. The van der Waals surface area contributed by atoms with E-state index in [1.807, 2.05) is 0 Å². The number of nitro groups is 1. The molecule has 0 atom stereocenters. The molecule has 8 nitrogen and oxygen atoms in total. The molecule has 2 aromatic carbocycles. The highest BCUT2D eigenvalue weighted by Gasteiger charge is 2.18. The van der Waals surface area contributed by atoms with Crippen LogP contribution in [0.3, 0.4) is 0 Å². The summed E-state index contributed by atoms with van der Waals surface area (Å²) in [6, 6.07) is 13.9. The summed E-state index contributed by atoms with van der Waals surface area (Å²) in [5, 5.41) is 10.9. The molecule has 166 valence electrons. The Labute approximate surface area is 183 Å². The number of non-ortho nitro benzene ring substituents is 1. The number of hydrogen-bond acceptors (Lipinski definition) is 7. The lowest BCUT2D eigenvalue weighted by Crippen LogP contribution is -2.46. The fraction of sp³-hybridized carbons (Fsp3) is 0.261. The second-order valence-corrected chi connectivity index (χ2v) is 7.53. The Morgan fingerprint density at radius 1 is 1.06 bits per heavy atom. The molecule has 0 radical (unpaired) electrons. The van der Waals surface area contributed by atoms with Crippen molar-refractivity contribution in [2.45, 2.75) is 13.2 Å². The summed E-state index contributed by atoms with van der Waals surface area (Å²) < 4.78 is 24.2. The van der Waals surface area contributed by atoms with Crippen LogP contribution < -0.4 is 15.1 Å². The first-order valence-electron chi connectivity index (χ1n) is 10.2. The number of hydrogen-bond donors (Lipinski definition) is 0. The summed E-state index contributed by atoms with van der Waals surface area (Å²) in [7, 11) is 0. The lowest BCUT2D eigenvalue weighted by molar-refractivity contribution is -0.384. The maximum absolute atomic E-state index is 13.1. The third-order valence-electron chi connectivity index (χ3n) is 5.31. The van der Waals surface area contributed by atoms with Crippen LogP contribution in [-0.2, 0) is 13.2 Å². The Morgan fingerprint density at radius 2 is 1.81 bits per heavy atom. The van der Waals surface area contributed by atoms with Gasteiger partial charge in [-0.1, -0.05) is 12.1 Å². The number of rotatable bonds is 7. The van der Waals surface area contributed by atoms with Gasteiger partial charge in [0.25, 0.3) is 5.69 Å². The highest BCUT2D eigenvalue weighted by Crippen LogP contribution is 2.19. The molecule has 0 spiro atoms. The van der Waals surface area contributed by atoms with Crippen LogP contribution in [0.15, 0.2) is 70.1 Å². The van der Waals surface area contributed by atoms with Gasteiger partial charge >= 0.3 is 0 Å². The SMILES string of the molecule is O=c1cc(CN2CCN(c3ccc(F)cc3)CC2)occ1OCc1cccc([N+](=O)[O-])c1. The van der Waals surface area contributed by atoms with Crippen molar-refractivity contribution >= 4 is 11.4 Å². The van der Waals surface area contributed by atoms with Gasteiger partial charge in [0.1, 0.15) is 24.4 Å². The molecule has 0 bridgehead atoms. The monoisotopic (exact) mass is 439 g/mol. The van der Waals surface area contributed by atoms with E-state index in [9.17, 15) is 19.3 Å². The van der Waals surface area contributed by atoms with Crippen LogP contribution in [-0.4, -0.2) is 36.0 Å². The molecule has 0 aliphatic carbocycles. The van der Waals surface area contributed by atoms with E-state index in [1.54, 1.807) is 24.3 Å². The van der Waals surface area contributed by atoms with Crippen molar-refractivity contribution in [1.29, 1.82) is 0 Å². The quantitative estimate of drug-likeness (QED) is 0.411. The zero-order chi connectivity index (χ0) is 22.5. The Morgan fingerprint density at radius 3 is 2.50 bits per heavy atom. The van der Waals surface area contributed by atoms with Gasteiger partial charge in [-0.2, -0.15) is 0 Å². The molecule has 1 aliphatic rings. The van der Waals surface area contributed by atoms with Crippen LogP contribution in [0.25, 0.3) is 0 Å². The molecule has 1 fully saturated rings. The van der Waals surface area contributed by atoms with Crippen LogP contribution >= 0.6 is 0 Å². The number of nitrogens with zero attached hydrogens (tertiary/aromatic N) is 3. The average Bonchev–Trinajstić information content (AvgIpc) is 2.80. The minimum absolute atomic E-state index is 0.0249. The summed E-state index contributed by atoms with van der Waals surface area (Å²) in [5.41, 5.74) is 1.24. The van der Waals surface area contributed by atoms with Gasteiger partial charge in [0.05, 0.1) is 11.5 Å². The molecular formula is C23H22FN3O5.